The highest BCUT2D eigenvalue weighted by Gasteiger charge is 2.29. The molecule has 0 bridgehead atoms. The summed E-state index contributed by atoms with van der Waals surface area (Å²) in [5.74, 6) is 0.453. The molecular formula is C15H25N5O3. The maximum atomic E-state index is 12.4. The topological polar surface area (TPSA) is 89.5 Å². The maximum Gasteiger partial charge on any atom is 0.324 e. The van der Waals surface area contributed by atoms with Crippen molar-refractivity contribution in [1.29, 1.82) is 0 Å². The molecule has 1 aromatic heterocycles. The van der Waals surface area contributed by atoms with E-state index in [2.05, 4.69) is 20.3 Å². The summed E-state index contributed by atoms with van der Waals surface area (Å²) in [6.07, 6.45) is 1.76. The molecule has 1 aliphatic rings. The third-order valence-electron chi connectivity index (χ3n) is 3.52. The Kier molecular flexibility index (Phi) is 5.23. The van der Waals surface area contributed by atoms with E-state index >= 15 is 0 Å². The largest absolute Gasteiger partial charge is 0.467 e. The number of nitrogens with one attached hydrogen (secondary N) is 1. The minimum atomic E-state index is -0.237. The molecule has 0 aromatic carbocycles. The molecule has 0 radical (unpaired) electrons. The lowest BCUT2D eigenvalue weighted by Gasteiger charge is -2.33. The van der Waals surface area contributed by atoms with Gasteiger partial charge < -0.3 is 19.7 Å². The van der Waals surface area contributed by atoms with Crippen molar-refractivity contribution in [3.63, 3.8) is 0 Å². The van der Waals surface area contributed by atoms with Gasteiger partial charge in [0, 0.05) is 18.6 Å². The molecule has 1 saturated heterocycles. The van der Waals surface area contributed by atoms with Gasteiger partial charge in [-0.05, 0) is 33.6 Å². The molecule has 0 aliphatic carbocycles. The molecule has 1 fully saturated rings. The molecule has 128 valence electrons. The van der Waals surface area contributed by atoms with Gasteiger partial charge in [0.1, 0.15) is 0 Å². The molecular weight excluding hydrogens is 298 g/mol. The zero-order valence-electron chi connectivity index (χ0n) is 14.4. The molecule has 0 saturated carbocycles. The molecule has 2 heterocycles. The number of anilines is 1. The summed E-state index contributed by atoms with van der Waals surface area (Å²) < 4.78 is 10.2. The first-order chi connectivity index (χ1) is 10.8. The predicted octanol–water partition coefficient (Wildman–Crippen LogP) is 1.02. The number of amides is 1. The standard InChI is InChI=1S/C15H25N5O3/c1-15(2,3)19-11(21)10-7-6-8-20(9-10)12-16-13(22-4)18-14(17-12)23-5/h10H,6-9H2,1-5H3,(H,19,21). The number of hydrogen-bond acceptors (Lipinski definition) is 7. The summed E-state index contributed by atoms with van der Waals surface area (Å²) in [6.45, 7) is 7.29. The number of nitrogens with zero attached hydrogens (tertiary/aromatic N) is 4. The first-order valence-corrected chi connectivity index (χ1v) is 7.73. The first-order valence-electron chi connectivity index (χ1n) is 7.73. The monoisotopic (exact) mass is 323 g/mol. The molecule has 1 aliphatic heterocycles. The van der Waals surface area contributed by atoms with Crippen LogP contribution in [0.25, 0.3) is 0 Å². The van der Waals surface area contributed by atoms with Crippen molar-refractivity contribution >= 4 is 11.9 Å². The van der Waals surface area contributed by atoms with Crippen LogP contribution >= 0.6 is 0 Å². The van der Waals surface area contributed by atoms with E-state index < -0.39 is 0 Å². The molecule has 8 nitrogen and oxygen atoms in total. The Morgan fingerprint density at radius 2 is 1.78 bits per heavy atom. The second-order valence-electron chi connectivity index (χ2n) is 6.63. The molecule has 0 spiro atoms. The molecule has 1 unspecified atom stereocenters. The Bertz CT molecular complexity index is 536. The average molecular weight is 323 g/mol. The van der Waals surface area contributed by atoms with Crippen LogP contribution in [0.4, 0.5) is 5.95 Å². The number of hydrogen-bond donors (Lipinski definition) is 1. The van der Waals surface area contributed by atoms with Gasteiger partial charge in [-0.1, -0.05) is 0 Å². The van der Waals surface area contributed by atoms with Crippen molar-refractivity contribution in [1.82, 2.24) is 20.3 Å². The van der Waals surface area contributed by atoms with Crippen molar-refractivity contribution in [3.05, 3.63) is 0 Å². The molecule has 1 amide bonds. The highest BCUT2D eigenvalue weighted by atomic mass is 16.5. The van der Waals surface area contributed by atoms with Crippen LogP contribution in [0.5, 0.6) is 12.0 Å². The van der Waals surface area contributed by atoms with E-state index in [1.807, 2.05) is 25.7 Å². The van der Waals surface area contributed by atoms with E-state index in [0.29, 0.717) is 12.5 Å². The van der Waals surface area contributed by atoms with Crippen molar-refractivity contribution < 1.29 is 14.3 Å². The van der Waals surface area contributed by atoms with Gasteiger partial charge in [-0.2, -0.15) is 9.97 Å². The van der Waals surface area contributed by atoms with E-state index in [-0.39, 0.29) is 29.4 Å². The first kappa shape index (κ1) is 17.2. The van der Waals surface area contributed by atoms with E-state index in [1.165, 1.54) is 14.2 Å². The molecule has 1 N–H and O–H groups in total. The van der Waals surface area contributed by atoms with Crippen LogP contribution in [0.3, 0.4) is 0 Å². The maximum absolute atomic E-state index is 12.4. The van der Waals surface area contributed by atoms with Crippen LogP contribution in [0.2, 0.25) is 0 Å². The van der Waals surface area contributed by atoms with Gasteiger partial charge in [-0.25, -0.2) is 0 Å². The highest BCUT2D eigenvalue weighted by Crippen LogP contribution is 2.23. The smallest absolute Gasteiger partial charge is 0.324 e. The molecule has 2 rings (SSSR count). The quantitative estimate of drug-likeness (QED) is 0.884. The van der Waals surface area contributed by atoms with Gasteiger partial charge >= 0.3 is 12.0 Å². The van der Waals surface area contributed by atoms with E-state index in [0.717, 1.165) is 19.4 Å². The lowest BCUT2D eigenvalue weighted by atomic mass is 9.96. The van der Waals surface area contributed by atoms with Crippen LogP contribution in [0.15, 0.2) is 0 Å². The van der Waals surface area contributed by atoms with Crippen molar-refractivity contribution in [2.45, 2.75) is 39.2 Å². The summed E-state index contributed by atoms with van der Waals surface area (Å²) in [6, 6.07) is 0.404. The Balaban J connectivity index is 2.13. The minimum Gasteiger partial charge on any atom is -0.467 e. The van der Waals surface area contributed by atoms with Crippen molar-refractivity contribution in [2.24, 2.45) is 5.92 Å². The van der Waals surface area contributed by atoms with Crippen molar-refractivity contribution in [3.8, 4) is 12.0 Å². The number of piperidine rings is 1. The average Bonchev–Trinajstić information content (AvgIpc) is 2.52. The number of carbonyl (C=O) groups is 1. The van der Waals surface area contributed by atoms with Gasteiger partial charge in [-0.15, -0.1) is 4.98 Å². The highest BCUT2D eigenvalue weighted by molar-refractivity contribution is 5.80. The summed E-state index contributed by atoms with van der Waals surface area (Å²) in [4.78, 5) is 26.9. The summed E-state index contributed by atoms with van der Waals surface area (Å²) in [7, 11) is 2.99. The number of aromatic nitrogens is 3. The molecule has 1 aromatic rings. The zero-order valence-corrected chi connectivity index (χ0v) is 14.4. The fourth-order valence-electron chi connectivity index (χ4n) is 2.50. The Morgan fingerprint density at radius 3 is 2.30 bits per heavy atom. The minimum absolute atomic E-state index is 0.0650. The van der Waals surface area contributed by atoms with Crippen molar-refractivity contribution in [2.75, 3.05) is 32.2 Å². The molecule has 8 heteroatoms. The summed E-state index contributed by atoms with van der Waals surface area (Å²) in [5, 5.41) is 3.04. The number of methoxy groups -OCH3 is 2. The lowest BCUT2D eigenvalue weighted by molar-refractivity contribution is -0.126. The van der Waals surface area contributed by atoms with E-state index in [9.17, 15) is 4.79 Å². The van der Waals surface area contributed by atoms with Crippen LogP contribution in [0.1, 0.15) is 33.6 Å². The Labute approximate surface area is 136 Å². The van der Waals surface area contributed by atoms with Gasteiger partial charge in [0.15, 0.2) is 0 Å². The second kappa shape index (κ2) is 6.97. The summed E-state index contributed by atoms with van der Waals surface area (Å²) >= 11 is 0. The Hall–Kier alpha value is -2.12. The fraction of sp³-hybridized carbons (Fsp3) is 0.733. The van der Waals surface area contributed by atoms with Crippen LogP contribution in [0, 0.1) is 5.92 Å². The summed E-state index contributed by atoms with van der Waals surface area (Å²) in [5.41, 5.74) is -0.237. The number of carbonyl (C=O) groups excluding carboxylic acids is 1. The lowest BCUT2D eigenvalue weighted by Crippen LogP contribution is -2.49. The van der Waals surface area contributed by atoms with Gasteiger partial charge in [0.2, 0.25) is 11.9 Å². The SMILES string of the molecule is COc1nc(OC)nc(N2CCCC(C(=O)NC(C)(C)C)C2)n1. The number of rotatable bonds is 4. The van der Waals surface area contributed by atoms with E-state index in [4.69, 9.17) is 9.47 Å². The number of ether oxygens (including phenoxy) is 2. The molecule has 1 atom stereocenters. The third-order valence-corrected chi connectivity index (χ3v) is 3.52. The van der Waals surface area contributed by atoms with Gasteiger partial charge in [-0.3, -0.25) is 4.79 Å². The van der Waals surface area contributed by atoms with Crippen LogP contribution in [-0.4, -0.2) is 53.7 Å². The van der Waals surface area contributed by atoms with Gasteiger partial charge in [0.05, 0.1) is 20.1 Å². The predicted molar refractivity (Wildman–Crippen MR) is 85.8 cm³/mol. The van der Waals surface area contributed by atoms with Crippen LogP contribution < -0.4 is 19.7 Å². The third kappa shape index (κ3) is 4.67. The molecule has 23 heavy (non-hydrogen) atoms. The Morgan fingerprint density at radius 1 is 1.17 bits per heavy atom. The van der Waals surface area contributed by atoms with Crippen LogP contribution in [-0.2, 0) is 4.79 Å². The van der Waals surface area contributed by atoms with Gasteiger partial charge in [0.25, 0.3) is 0 Å². The van der Waals surface area contributed by atoms with E-state index in [1.54, 1.807) is 0 Å². The zero-order chi connectivity index (χ0) is 17.0. The fourth-order valence-corrected chi connectivity index (χ4v) is 2.50. The second-order valence-corrected chi connectivity index (χ2v) is 6.63. The normalized spacial score (nSPS) is 18.5.